The minimum atomic E-state index is 0.114. The molecule has 0 bridgehead atoms. The molecule has 2 heterocycles. The van der Waals surface area contributed by atoms with E-state index in [2.05, 4.69) is 39.3 Å². The van der Waals surface area contributed by atoms with E-state index in [1.165, 1.54) is 0 Å². The van der Waals surface area contributed by atoms with Crippen LogP contribution in [0.2, 0.25) is 5.15 Å². The van der Waals surface area contributed by atoms with Crippen molar-refractivity contribution in [2.45, 2.75) is 26.1 Å². The third kappa shape index (κ3) is 3.17. The number of hydrogen-bond acceptors (Lipinski definition) is 5. The fraction of sp³-hybridized carbons (Fsp3) is 0.667. The minimum Gasteiger partial charge on any atom is -0.312 e. The lowest BCUT2D eigenvalue weighted by molar-refractivity contribution is 0.138. The van der Waals surface area contributed by atoms with Gasteiger partial charge in [0.1, 0.15) is 11.0 Å². The van der Waals surface area contributed by atoms with E-state index in [1.807, 2.05) is 0 Å². The van der Waals surface area contributed by atoms with Crippen LogP contribution in [-0.2, 0) is 0 Å². The van der Waals surface area contributed by atoms with E-state index in [0.717, 1.165) is 32.0 Å². The smallest absolute Gasteiger partial charge is 0.148 e. The quantitative estimate of drug-likeness (QED) is 0.800. The Labute approximate surface area is 113 Å². The van der Waals surface area contributed by atoms with Crippen LogP contribution in [0, 0.1) is 0 Å². The molecule has 2 N–H and O–H groups in total. The van der Waals surface area contributed by atoms with Crippen molar-refractivity contribution >= 4 is 11.6 Å². The molecule has 0 aromatic carbocycles. The van der Waals surface area contributed by atoms with Crippen LogP contribution in [-0.4, -0.2) is 47.2 Å². The van der Waals surface area contributed by atoms with Crippen LogP contribution in [0.4, 0.5) is 0 Å². The Balaban J connectivity index is 2.06. The third-order valence-electron chi connectivity index (χ3n) is 3.28. The molecule has 100 valence electrons. The van der Waals surface area contributed by atoms with Gasteiger partial charge in [-0.3, -0.25) is 10.2 Å². The Bertz CT molecular complexity index is 382. The van der Waals surface area contributed by atoms with E-state index in [-0.39, 0.29) is 6.04 Å². The van der Waals surface area contributed by atoms with E-state index in [1.54, 1.807) is 12.3 Å². The van der Waals surface area contributed by atoms with E-state index in [0.29, 0.717) is 11.3 Å². The van der Waals surface area contributed by atoms with Crippen molar-refractivity contribution in [1.29, 1.82) is 0 Å². The summed E-state index contributed by atoms with van der Waals surface area (Å²) in [4.78, 5) is 10.9. The molecule has 0 spiro atoms. The molecule has 1 saturated heterocycles. The van der Waals surface area contributed by atoms with E-state index in [9.17, 15) is 0 Å². The van der Waals surface area contributed by atoms with Crippen LogP contribution in [0.15, 0.2) is 12.3 Å². The molecule has 1 aromatic heterocycles. The summed E-state index contributed by atoms with van der Waals surface area (Å²) in [7, 11) is 0. The lowest BCUT2D eigenvalue weighted by Gasteiger charge is -2.37. The van der Waals surface area contributed by atoms with Gasteiger partial charge in [0.25, 0.3) is 0 Å². The molecule has 1 aliphatic rings. The van der Waals surface area contributed by atoms with Crippen molar-refractivity contribution in [2.75, 3.05) is 26.2 Å². The van der Waals surface area contributed by atoms with Crippen LogP contribution in [0.5, 0.6) is 0 Å². The molecule has 1 fully saturated rings. The van der Waals surface area contributed by atoms with E-state index >= 15 is 0 Å². The normalized spacial score (nSPS) is 24.4. The Morgan fingerprint density at radius 2 is 2.17 bits per heavy atom. The van der Waals surface area contributed by atoms with Gasteiger partial charge in [0.05, 0.1) is 12.2 Å². The van der Waals surface area contributed by atoms with Crippen molar-refractivity contribution in [3.8, 4) is 0 Å². The molecule has 2 atom stereocenters. The standard InChI is InChI=1S/C12H20ClN5/c1-3-18(4-2)11-8-14-7-9(16-11)12-15-6-5-10(13)17-12/h5-6,9,11,14,16H,3-4,7-8H2,1-2H3. The fourth-order valence-electron chi connectivity index (χ4n) is 2.30. The van der Waals surface area contributed by atoms with Gasteiger partial charge in [0.15, 0.2) is 0 Å². The minimum absolute atomic E-state index is 0.114. The van der Waals surface area contributed by atoms with Gasteiger partial charge in [-0.1, -0.05) is 25.4 Å². The maximum Gasteiger partial charge on any atom is 0.148 e. The summed E-state index contributed by atoms with van der Waals surface area (Å²) in [6.07, 6.45) is 2.02. The molecule has 18 heavy (non-hydrogen) atoms. The summed E-state index contributed by atoms with van der Waals surface area (Å²) in [6.45, 7) is 8.17. The first-order valence-electron chi connectivity index (χ1n) is 6.43. The summed E-state index contributed by atoms with van der Waals surface area (Å²) in [5.41, 5.74) is 0. The highest BCUT2D eigenvalue weighted by Gasteiger charge is 2.26. The van der Waals surface area contributed by atoms with Gasteiger partial charge in [-0.15, -0.1) is 0 Å². The van der Waals surface area contributed by atoms with Gasteiger partial charge in [0, 0.05) is 19.3 Å². The molecule has 1 aliphatic heterocycles. The van der Waals surface area contributed by atoms with Crippen molar-refractivity contribution in [3.05, 3.63) is 23.2 Å². The maximum absolute atomic E-state index is 5.91. The molecule has 0 saturated carbocycles. The van der Waals surface area contributed by atoms with Crippen molar-refractivity contribution < 1.29 is 0 Å². The van der Waals surface area contributed by atoms with Gasteiger partial charge in [-0.25, -0.2) is 9.97 Å². The zero-order valence-electron chi connectivity index (χ0n) is 10.9. The molecular weight excluding hydrogens is 250 g/mol. The van der Waals surface area contributed by atoms with Gasteiger partial charge in [-0.05, 0) is 19.2 Å². The first-order valence-corrected chi connectivity index (χ1v) is 6.81. The number of rotatable bonds is 4. The predicted octanol–water partition coefficient (Wildman–Crippen LogP) is 1.03. The molecule has 0 amide bonds. The average Bonchev–Trinajstić information content (AvgIpc) is 2.41. The van der Waals surface area contributed by atoms with Gasteiger partial charge in [-0.2, -0.15) is 0 Å². The molecule has 0 aliphatic carbocycles. The van der Waals surface area contributed by atoms with Crippen molar-refractivity contribution in [1.82, 2.24) is 25.5 Å². The Morgan fingerprint density at radius 1 is 1.39 bits per heavy atom. The van der Waals surface area contributed by atoms with Crippen LogP contribution >= 0.6 is 11.6 Å². The number of piperazine rings is 1. The number of halogens is 1. The first kappa shape index (κ1) is 13.7. The monoisotopic (exact) mass is 269 g/mol. The number of aromatic nitrogens is 2. The van der Waals surface area contributed by atoms with Crippen LogP contribution in [0.3, 0.4) is 0 Å². The highest BCUT2D eigenvalue weighted by molar-refractivity contribution is 6.29. The number of likely N-dealkylation sites (N-methyl/N-ethyl adjacent to an activating group) is 1. The van der Waals surface area contributed by atoms with E-state index < -0.39 is 0 Å². The predicted molar refractivity (Wildman–Crippen MR) is 72.5 cm³/mol. The highest BCUT2D eigenvalue weighted by Crippen LogP contribution is 2.14. The largest absolute Gasteiger partial charge is 0.312 e. The van der Waals surface area contributed by atoms with Crippen molar-refractivity contribution in [2.24, 2.45) is 0 Å². The van der Waals surface area contributed by atoms with Crippen molar-refractivity contribution in [3.63, 3.8) is 0 Å². The molecule has 1 aromatic rings. The Morgan fingerprint density at radius 3 is 2.83 bits per heavy atom. The second-order valence-electron chi connectivity index (χ2n) is 4.35. The van der Waals surface area contributed by atoms with Gasteiger partial charge >= 0.3 is 0 Å². The summed E-state index contributed by atoms with van der Waals surface area (Å²) >= 11 is 5.91. The second kappa shape index (κ2) is 6.43. The summed E-state index contributed by atoms with van der Waals surface area (Å²) in [5.74, 6) is 0.756. The summed E-state index contributed by atoms with van der Waals surface area (Å²) < 4.78 is 0. The summed E-state index contributed by atoms with van der Waals surface area (Å²) in [6, 6.07) is 1.81. The average molecular weight is 270 g/mol. The molecule has 6 heteroatoms. The summed E-state index contributed by atoms with van der Waals surface area (Å²) in [5, 5.41) is 7.50. The Kier molecular flexibility index (Phi) is 4.88. The maximum atomic E-state index is 5.91. The van der Waals surface area contributed by atoms with Gasteiger partial charge < -0.3 is 5.32 Å². The molecule has 5 nitrogen and oxygen atoms in total. The molecule has 2 rings (SSSR count). The lowest BCUT2D eigenvalue weighted by atomic mass is 10.2. The third-order valence-corrected chi connectivity index (χ3v) is 3.50. The van der Waals surface area contributed by atoms with Crippen LogP contribution < -0.4 is 10.6 Å². The van der Waals surface area contributed by atoms with Crippen LogP contribution in [0.1, 0.15) is 25.7 Å². The molecular formula is C12H20ClN5. The molecule has 0 radical (unpaired) electrons. The van der Waals surface area contributed by atoms with E-state index in [4.69, 9.17) is 11.6 Å². The number of nitrogens with one attached hydrogen (secondary N) is 2. The van der Waals surface area contributed by atoms with Crippen LogP contribution in [0.25, 0.3) is 0 Å². The number of hydrogen-bond donors (Lipinski definition) is 2. The topological polar surface area (TPSA) is 53.1 Å². The zero-order chi connectivity index (χ0) is 13.0. The second-order valence-corrected chi connectivity index (χ2v) is 4.74. The lowest BCUT2D eigenvalue weighted by Crippen LogP contribution is -2.58. The molecule has 2 unspecified atom stereocenters. The Hall–Kier alpha value is -0.750. The number of nitrogens with zero attached hydrogens (tertiary/aromatic N) is 3. The first-order chi connectivity index (χ1) is 8.74. The fourth-order valence-corrected chi connectivity index (χ4v) is 2.44. The SMILES string of the molecule is CCN(CC)C1CNCC(c2nccc(Cl)n2)N1. The highest BCUT2D eigenvalue weighted by atomic mass is 35.5. The zero-order valence-corrected chi connectivity index (χ0v) is 11.6. The van der Waals surface area contributed by atoms with Gasteiger partial charge in [0.2, 0.25) is 0 Å².